The summed E-state index contributed by atoms with van der Waals surface area (Å²) in [6, 6.07) is 0. The van der Waals surface area contributed by atoms with Gasteiger partial charge in [-0.25, -0.2) is 10.0 Å². The number of hydrogen-bond donors (Lipinski definition) is 0. The number of hydrogen-bond acceptors (Lipinski definition) is 4. The van der Waals surface area contributed by atoms with E-state index in [0.29, 0.717) is 5.54 Å². The van der Waals surface area contributed by atoms with Crippen LogP contribution in [-0.4, -0.2) is 59.5 Å². The molecule has 0 aliphatic carbocycles. The summed E-state index contributed by atoms with van der Waals surface area (Å²) < 4.78 is 0. The van der Waals surface area contributed by atoms with Crippen LogP contribution in [0.3, 0.4) is 0 Å². The second kappa shape index (κ2) is 2.25. The van der Waals surface area contributed by atoms with Crippen molar-refractivity contribution in [1.29, 1.82) is 0 Å². The zero-order valence-electron chi connectivity index (χ0n) is 8.69. The normalized spacial score (nSPS) is 56.1. The summed E-state index contributed by atoms with van der Waals surface area (Å²) in [6.45, 7) is 6.04. The fourth-order valence-electron chi connectivity index (χ4n) is 3.17. The summed E-state index contributed by atoms with van der Waals surface area (Å²) in [4.78, 5) is 0. The Morgan fingerprint density at radius 1 is 1.23 bits per heavy atom. The molecule has 74 valence electrons. The van der Waals surface area contributed by atoms with Gasteiger partial charge in [-0.3, -0.25) is 0 Å². The predicted molar refractivity (Wildman–Crippen MR) is 50.3 cm³/mol. The topological polar surface area (TPSA) is 13.0 Å². The number of likely N-dealkylation sites (N-methyl/N-ethyl adjacent to an activating group) is 1. The first-order chi connectivity index (χ1) is 6.10. The molecule has 4 bridgehead atoms. The van der Waals surface area contributed by atoms with Crippen LogP contribution in [0, 0.1) is 5.92 Å². The van der Waals surface area contributed by atoms with Gasteiger partial charge in [-0.15, -0.1) is 0 Å². The first kappa shape index (κ1) is 8.17. The summed E-state index contributed by atoms with van der Waals surface area (Å²) in [5.41, 5.74) is 0.383. The van der Waals surface area contributed by atoms with Crippen molar-refractivity contribution >= 4 is 0 Å². The van der Waals surface area contributed by atoms with E-state index < -0.39 is 0 Å². The fourth-order valence-corrected chi connectivity index (χ4v) is 3.17. The molecule has 13 heavy (non-hydrogen) atoms. The van der Waals surface area contributed by atoms with Crippen LogP contribution in [0.4, 0.5) is 0 Å². The summed E-state index contributed by atoms with van der Waals surface area (Å²) in [6.07, 6.45) is 1.37. The molecule has 4 aliphatic heterocycles. The van der Waals surface area contributed by atoms with E-state index in [1.165, 1.54) is 26.1 Å². The van der Waals surface area contributed by atoms with Crippen LogP contribution in [0.25, 0.3) is 0 Å². The molecule has 0 saturated carbocycles. The Morgan fingerprint density at radius 3 is 2.77 bits per heavy atom. The van der Waals surface area contributed by atoms with Crippen LogP contribution in [0.1, 0.15) is 13.3 Å². The Kier molecular flexibility index (Phi) is 1.42. The zero-order chi connectivity index (χ0) is 9.22. The van der Waals surface area contributed by atoms with E-state index in [0.717, 1.165) is 5.92 Å². The van der Waals surface area contributed by atoms with Crippen molar-refractivity contribution < 1.29 is 0 Å². The lowest BCUT2D eigenvalue weighted by Crippen LogP contribution is -2.80. The highest BCUT2D eigenvalue weighted by molar-refractivity contribution is 4.99. The third-order valence-electron chi connectivity index (χ3n) is 4.01. The van der Waals surface area contributed by atoms with Crippen molar-refractivity contribution in [3.05, 3.63) is 0 Å². The van der Waals surface area contributed by atoms with Crippen LogP contribution < -0.4 is 0 Å². The first-order valence-electron chi connectivity index (χ1n) is 5.10. The highest BCUT2D eigenvalue weighted by Gasteiger charge is 2.52. The van der Waals surface area contributed by atoms with Gasteiger partial charge in [0.05, 0.1) is 0 Å². The van der Waals surface area contributed by atoms with Crippen LogP contribution in [0.5, 0.6) is 0 Å². The van der Waals surface area contributed by atoms with Gasteiger partial charge in [0, 0.05) is 39.3 Å². The Bertz CT molecular complexity index is 244. The SMILES string of the molecule is CN1N2CC3CN1N(C)C(C)(C3)C2. The summed E-state index contributed by atoms with van der Waals surface area (Å²) in [5.74, 6) is 0.881. The molecule has 4 saturated heterocycles. The van der Waals surface area contributed by atoms with Gasteiger partial charge in [0.2, 0.25) is 0 Å². The second-order valence-corrected chi connectivity index (χ2v) is 4.98. The van der Waals surface area contributed by atoms with E-state index in [4.69, 9.17) is 0 Å². The minimum absolute atomic E-state index is 0.383. The van der Waals surface area contributed by atoms with Gasteiger partial charge < -0.3 is 0 Å². The van der Waals surface area contributed by atoms with E-state index >= 15 is 0 Å². The molecule has 0 aromatic rings. The largest absolute Gasteiger partial charge is 0.225 e. The summed E-state index contributed by atoms with van der Waals surface area (Å²) >= 11 is 0. The van der Waals surface area contributed by atoms with E-state index in [1.54, 1.807) is 0 Å². The molecule has 4 aliphatic rings. The predicted octanol–water partition coefficient (Wildman–Crippen LogP) is 0.00480. The van der Waals surface area contributed by atoms with Crippen molar-refractivity contribution in [1.82, 2.24) is 20.3 Å². The van der Waals surface area contributed by atoms with Gasteiger partial charge in [0.15, 0.2) is 0 Å². The lowest BCUT2D eigenvalue weighted by atomic mass is 9.81. The van der Waals surface area contributed by atoms with Gasteiger partial charge in [0.1, 0.15) is 0 Å². The van der Waals surface area contributed by atoms with Crippen LogP contribution >= 0.6 is 0 Å². The Balaban J connectivity index is 1.99. The monoisotopic (exact) mass is 182 g/mol. The Hall–Kier alpha value is -0.160. The van der Waals surface area contributed by atoms with Gasteiger partial charge in [0.25, 0.3) is 0 Å². The minimum Gasteiger partial charge on any atom is -0.225 e. The third-order valence-corrected chi connectivity index (χ3v) is 4.01. The molecule has 4 heterocycles. The maximum atomic E-state index is 2.47. The smallest absolute Gasteiger partial charge is 0.0484 e. The molecule has 0 spiro atoms. The number of hydrazine groups is 3. The van der Waals surface area contributed by atoms with Crippen LogP contribution in [0.2, 0.25) is 0 Å². The molecule has 4 heteroatoms. The average Bonchev–Trinajstić information content (AvgIpc) is 2.07. The molecule has 0 aromatic carbocycles. The van der Waals surface area contributed by atoms with Crippen LogP contribution in [-0.2, 0) is 0 Å². The first-order valence-corrected chi connectivity index (χ1v) is 5.10. The van der Waals surface area contributed by atoms with Crippen molar-refractivity contribution in [3.8, 4) is 0 Å². The Labute approximate surface area is 79.6 Å². The van der Waals surface area contributed by atoms with E-state index in [1.807, 2.05) is 0 Å². The highest BCUT2D eigenvalue weighted by Crippen LogP contribution is 2.41. The summed E-state index contributed by atoms with van der Waals surface area (Å²) in [7, 11) is 4.38. The summed E-state index contributed by atoms with van der Waals surface area (Å²) in [5, 5.41) is 9.54. The van der Waals surface area contributed by atoms with Gasteiger partial charge >= 0.3 is 0 Å². The molecular formula is C9H18N4. The maximum Gasteiger partial charge on any atom is 0.0484 e. The number of rotatable bonds is 0. The van der Waals surface area contributed by atoms with Crippen molar-refractivity contribution in [2.24, 2.45) is 5.92 Å². The van der Waals surface area contributed by atoms with E-state index in [9.17, 15) is 0 Å². The highest BCUT2D eigenvalue weighted by atomic mass is 16.0. The average molecular weight is 182 g/mol. The molecule has 0 radical (unpaired) electrons. The number of piperidine rings is 1. The second-order valence-electron chi connectivity index (χ2n) is 4.98. The fraction of sp³-hybridized carbons (Fsp3) is 1.00. The van der Waals surface area contributed by atoms with Crippen LogP contribution in [0.15, 0.2) is 0 Å². The molecule has 0 amide bonds. The molecule has 4 atom stereocenters. The molecule has 4 nitrogen and oxygen atoms in total. The van der Waals surface area contributed by atoms with Gasteiger partial charge in [-0.2, -0.15) is 10.2 Å². The maximum absolute atomic E-state index is 2.47. The minimum atomic E-state index is 0.383. The van der Waals surface area contributed by atoms with Gasteiger partial charge in [-0.05, 0) is 19.3 Å². The van der Waals surface area contributed by atoms with Crippen molar-refractivity contribution in [2.45, 2.75) is 18.9 Å². The van der Waals surface area contributed by atoms with Crippen molar-refractivity contribution in [2.75, 3.05) is 33.7 Å². The molecule has 0 N–H and O–H groups in total. The van der Waals surface area contributed by atoms with E-state index in [-0.39, 0.29) is 0 Å². The standard InChI is InChI=1S/C9H18N4/c1-9-4-8-5-12(7-9)11(3)13(6-8)10(9)2/h8H,4-7H2,1-3H3. The zero-order valence-corrected chi connectivity index (χ0v) is 8.69. The Morgan fingerprint density at radius 2 is 2.00 bits per heavy atom. The molecule has 4 rings (SSSR count). The molecule has 0 aromatic heterocycles. The lowest BCUT2D eigenvalue weighted by molar-refractivity contribution is -0.385. The quantitative estimate of drug-likeness (QED) is 0.523. The molecular weight excluding hydrogens is 164 g/mol. The van der Waals surface area contributed by atoms with Crippen molar-refractivity contribution in [3.63, 3.8) is 0 Å². The van der Waals surface area contributed by atoms with Gasteiger partial charge in [-0.1, -0.05) is 0 Å². The number of nitrogens with zero attached hydrogens (tertiary/aromatic N) is 4. The third kappa shape index (κ3) is 0.892. The molecule has 4 fully saturated rings. The molecule has 4 unspecified atom stereocenters. The van der Waals surface area contributed by atoms with E-state index in [2.05, 4.69) is 41.3 Å². The lowest BCUT2D eigenvalue weighted by Gasteiger charge is -2.66.